The monoisotopic (exact) mass is 379 g/mol. The number of hydrazone groups is 1. The van der Waals surface area contributed by atoms with E-state index >= 15 is 0 Å². The quantitative estimate of drug-likeness (QED) is 0.413. The molecule has 1 aliphatic rings. The fraction of sp³-hybridized carbons (Fsp3) is 0.0526. The van der Waals surface area contributed by atoms with E-state index in [-0.39, 0.29) is 12.5 Å². The number of nitrogens with one attached hydrogen (secondary N) is 1. The highest BCUT2D eigenvalue weighted by atomic mass is 16.7. The Balaban J connectivity index is 1.42. The van der Waals surface area contributed by atoms with Crippen LogP contribution < -0.4 is 14.9 Å². The number of ether oxygens (including phenoxy) is 2. The number of nitro benzene ring substituents is 1. The minimum Gasteiger partial charge on any atom is -0.455 e. The van der Waals surface area contributed by atoms with Crippen molar-refractivity contribution in [1.29, 1.82) is 0 Å². The Morgan fingerprint density at radius 2 is 1.96 bits per heavy atom. The minimum absolute atomic E-state index is 0.0277. The lowest BCUT2D eigenvalue weighted by atomic mass is 10.1. The number of non-ortho nitro benzene ring substituents is 1. The molecule has 0 unspecified atom stereocenters. The molecular weight excluding hydrogens is 366 g/mol. The van der Waals surface area contributed by atoms with Crippen molar-refractivity contribution in [1.82, 2.24) is 5.43 Å². The summed E-state index contributed by atoms with van der Waals surface area (Å²) in [7, 11) is 0. The van der Waals surface area contributed by atoms with Gasteiger partial charge in [-0.15, -0.1) is 0 Å². The lowest BCUT2D eigenvalue weighted by Gasteiger charge is -2.01. The van der Waals surface area contributed by atoms with Crippen LogP contribution in [-0.2, 0) is 0 Å². The Bertz CT molecular complexity index is 1090. The first kappa shape index (κ1) is 17.3. The summed E-state index contributed by atoms with van der Waals surface area (Å²) >= 11 is 0. The second-order valence-electron chi connectivity index (χ2n) is 5.78. The maximum absolute atomic E-state index is 12.1. The zero-order valence-electron chi connectivity index (χ0n) is 14.3. The maximum Gasteiger partial charge on any atom is 0.271 e. The average molecular weight is 379 g/mol. The molecule has 0 saturated heterocycles. The second-order valence-corrected chi connectivity index (χ2v) is 5.78. The lowest BCUT2D eigenvalue weighted by molar-refractivity contribution is -0.384. The van der Waals surface area contributed by atoms with E-state index in [1.807, 2.05) is 0 Å². The summed E-state index contributed by atoms with van der Waals surface area (Å²) in [5.74, 6) is 1.51. The third-order valence-electron chi connectivity index (χ3n) is 3.96. The number of fused-ring (bicyclic) bond motifs is 1. The molecular formula is C19H13N3O6. The van der Waals surface area contributed by atoms with E-state index in [1.165, 1.54) is 18.3 Å². The molecule has 9 heteroatoms. The van der Waals surface area contributed by atoms with Gasteiger partial charge in [-0.3, -0.25) is 14.9 Å². The molecule has 1 N–H and O–H groups in total. The SMILES string of the molecule is O=C(N/N=C\c1ccc(-c2cccc([N+](=O)[O-])c2)o1)c1ccc2c(c1)OCO2. The molecule has 2 heterocycles. The van der Waals surface area contributed by atoms with Gasteiger partial charge in [-0.05, 0) is 30.3 Å². The average Bonchev–Trinajstić information content (AvgIpc) is 3.36. The summed E-state index contributed by atoms with van der Waals surface area (Å²) in [5, 5.41) is 14.7. The summed E-state index contributed by atoms with van der Waals surface area (Å²) in [6.45, 7) is 0.129. The molecule has 9 nitrogen and oxygen atoms in total. The largest absolute Gasteiger partial charge is 0.455 e. The van der Waals surface area contributed by atoms with Gasteiger partial charge >= 0.3 is 0 Å². The molecule has 0 atom stereocenters. The van der Waals surface area contributed by atoms with E-state index in [0.717, 1.165) is 0 Å². The zero-order chi connectivity index (χ0) is 19.5. The normalized spacial score (nSPS) is 12.3. The van der Waals surface area contributed by atoms with Gasteiger partial charge in [-0.2, -0.15) is 5.10 Å². The highest BCUT2D eigenvalue weighted by Gasteiger charge is 2.16. The van der Waals surface area contributed by atoms with Gasteiger partial charge in [0.15, 0.2) is 11.5 Å². The number of hydrogen-bond acceptors (Lipinski definition) is 7. The van der Waals surface area contributed by atoms with E-state index in [1.54, 1.807) is 42.5 Å². The maximum atomic E-state index is 12.1. The van der Waals surface area contributed by atoms with Crippen LogP contribution in [0.3, 0.4) is 0 Å². The summed E-state index contributed by atoms with van der Waals surface area (Å²) in [4.78, 5) is 22.5. The Morgan fingerprint density at radius 1 is 1.11 bits per heavy atom. The molecule has 0 saturated carbocycles. The van der Waals surface area contributed by atoms with Gasteiger partial charge in [-0.25, -0.2) is 5.43 Å². The summed E-state index contributed by atoms with van der Waals surface area (Å²) in [6.07, 6.45) is 1.34. The molecule has 140 valence electrons. The molecule has 0 bridgehead atoms. The molecule has 0 fully saturated rings. The van der Waals surface area contributed by atoms with E-state index < -0.39 is 10.8 Å². The Hall–Kier alpha value is -4.14. The second kappa shape index (κ2) is 7.23. The number of rotatable bonds is 5. The smallest absolute Gasteiger partial charge is 0.271 e. The van der Waals surface area contributed by atoms with Crippen molar-refractivity contribution in [3.05, 3.63) is 76.0 Å². The molecule has 1 amide bonds. The van der Waals surface area contributed by atoms with Crippen LogP contribution in [-0.4, -0.2) is 23.8 Å². The molecule has 4 rings (SSSR count). The van der Waals surface area contributed by atoms with Crippen LogP contribution in [0.1, 0.15) is 16.1 Å². The molecule has 0 radical (unpaired) electrons. The third-order valence-corrected chi connectivity index (χ3v) is 3.96. The van der Waals surface area contributed by atoms with Gasteiger partial charge in [0.25, 0.3) is 11.6 Å². The highest BCUT2D eigenvalue weighted by molar-refractivity contribution is 5.95. The minimum atomic E-state index is -0.472. The van der Waals surface area contributed by atoms with Crippen molar-refractivity contribution in [2.75, 3.05) is 6.79 Å². The standard InChI is InChI=1S/C19H13N3O6/c23-19(13-4-6-17-18(9-13)27-11-26-17)21-20-10-15-5-7-16(28-15)12-2-1-3-14(8-12)22(24)25/h1-10H,11H2,(H,21,23)/b20-10-. The van der Waals surface area contributed by atoms with Gasteiger partial charge in [-0.1, -0.05) is 12.1 Å². The summed E-state index contributed by atoms with van der Waals surface area (Å²) in [6, 6.07) is 14.2. The van der Waals surface area contributed by atoms with Crippen LogP contribution in [0.2, 0.25) is 0 Å². The van der Waals surface area contributed by atoms with Crippen molar-refractivity contribution < 1.29 is 23.6 Å². The van der Waals surface area contributed by atoms with Gasteiger partial charge in [0, 0.05) is 23.3 Å². The Labute approximate surface area is 158 Å². The lowest BCUT2D eigenvalue weighted by Crippen LogP contribution is -2.17. The van der Waals surface area contributed by atoms with Crippen LogP contribution in [0.25, 0.3) is 11.3 Å². The first-order chi connectivity index (χ1) is 13.6. The predicted molar refractivity (Wildman–Crippen MR) is 98.4 cm³/mol. The van der Waals surface area contributed by atoms with E-state index in [4.69, 9.17) is 13.9 Å². The van der Waals surface area contributed by atoms with Crippen molar-refractivity contribution in [2.24, 2.45) is 5.10 Å². The summed E-state index contributed by atoms with van der Waals surface area (Å²) < 4.78 is 16.0. The number of nitrogens with zero attached hydrogens (tertiary/aromatic N) is 2. The Morgan fingerprint density at radius 3 is 2.82 bits per heavy atom. The molecule has 1 aromatic heterocycles. The van der Waals surface area contributed by atoms with Crippen LogP contribution in [0, 0.1) is 10.1 Å². The number of carbonyl (C=O) groups excluding carboxylic acids is 1. The zero-order valence-corrected chi connectivity index (χ0v) is 14.3. The fourth-order valence-corrected chi connectivity index (χ4v) is 2.61. The molecule has 2 aromatic carbocycles. The van der Waals surface area contributed by atoms with Crippen molar-refractivity contribution in [3.8, 4) is 22.8 Å². The molecule has 0 aliphatic carbocycles. The molecule has 3 aromatic rings. The highest BCUT2D eigenvalue weighted by Crippen LogP contribution is 2.32. The Kier molecular flexibility index (Phi) is 4.47. The van der Waals surface area contributed by atoms with Gasteiger partial charge in [0.2, 0.25) is 6.79 Å². The van der Waals surface area contributed by atoms with E-state index in [9.17, 15) is 14.9 Å². The van der Waals surface area contributed by atoms with Crippen molar-refractivity contribution in [2.45, 2.75) is 0 Å². The number of carbonyl (C=O) groups is 1. The predicted octanol–water partition coefficient (Wildman–Crippen LogP) is 3.35. The van der Waals surface area contributed by atoms with Crippen LogP contribution in [0.5, 0.6) is 11.5 Å². The fourth-order valence-electron chi connectivity index (χ4n) is 2.61. The van der Waals surface area contributed by atoms with Crippen LogP contribution in [0.15, 0.2) is 64.1 Å². The molecule has 1 aliphatic heterocycles. The third kappa shape index (κ3) is 3.54. The number of hydrogen-bond donors (Lipinski definition) is 1. The molecule has 0 spiro atoms. The number of furan rings is 1. The van der Waals surface area contributed by atoms with Gasteiger partial charge in [0.1, 0.15) is 11.5 Å². The first-order valence-electron chi connectivity index (χ1n) is 8.18. The summed E-state index contributed by atoms with van der Waals surface area (Å²) in [5.41, 5.74) is 3.31. The van der Waals surface area contributed by atoms with E-state index in [2.05, 4.69) is 10.5 Å². The number of amides is 1. The topological polar surface area (TPSA) is 116 Å². The number of benzene rings is 2. The van der Waals surface area contributed by atoms with Gasteiger partial charge in [0.05, 0.1) is 11.1 Å². The first-order valence-corrected chi connectivity index (χ1v) is 8.18. The van der Waals surface area contributed by atoms with Crippen molar-refractivity contribution >= 4 is 17.8 Å². The molecule has 28 heavy (non-hydrogen) atoms. The van der Waals surface area contributed by atoms with E-state index in [0.29, 0.717) is 34.1 Å². The van der Waals surface area contributed by atoms with Crippen LogP contribution in [0.4, 0.5) is 5.69 Å². The van der Waals surface area contributed by atoms with Crippen molar-refractivity contribution in [3.63, 3.8) is 0 Å². The van der Waals surface area contributed by atoms with Crippen LogP contribution >= 0.6 is 0 Å². The van der Waals surface area contributed by atoms with Gasteiger partial charge < -0.3 is 13.9 Å². The number of nitro groups is 1.